The van der Waals surface area contributed by atoms with Crippen LogP contribution in [-0.2, 0) is 4.79 Å². The zero-order valence-electron chi connectivity index (χ0n) is 10.2. The lowest BCUT2D eigenvalue weighted by atomic mass is 9.66. The van der Waals surface area contributed by atoms with Gasteiger partial charge in [-0.15, -0.1) is 0 Å². The molecule has 0 bridgehead atoms. The van der Waals surface area contributed by atoms with E-state index in [-0.39, 0.29) is 10.8 Å². The van der Waals surface area contributed by atoms with Gasteiger partial charge in [-0.2, -0.15) is 0 Å². The van der Waals surface area contributed by atoms with Gasteiger partial charge in [-0.05, 0) is 18.3 Å². The van der Waals surface area contributed by atoms with Gasteiger partial charge in [0.1, 0.15) is 5.78 Å². The minimum atomic E-state index is -0.0395. The van der Waals surface area contributed by atoms with Crippen LogP contribution in [0.15, 0.2) is 0 Å². The zero-order valence-corrected chi connectivity index (χ0v) is 10.2. The van der Waals surface area contributed by atoms with Crippen LogP contribution in [0.1, 0.15) is 66.2 Å². The second-order valence-corrected chi connectivity index (χ2v) is 5.60. The van der Waals surface area contributed by atoms with Crippen LogP contribution in [-0.4, -0.2) is 5.78 Å². The van der Waals surface area contributed by atoms with Crippen molar-refractivity contribution in [1.82, 2.24) is 0 Å². The molecule has 0 aliphatic heterocycles. The van der Waals surface area contributed by atoms with Crippen molar-refractivity contribution in [2.75, 3.05) is 0 Å². The zero-order chi connectivity index (χ0) is 10.8. The highest BCUT2D eigenvalue weighted by Crippen LogP contribution is 2.52. The standard InChI is InChI=1S/C13H24O/c1-5-6-7-9-13(4)11(14)8-10-12(13,2)3/h5-10H2,1-4H3. The van der Waals surface area contributed by atoms with Crippen LogP contribution in [0.2, 0.25) is 0 Å². The van der Waals surface area contributed by atoms with Crippen molar-refractivity contribution in [3.8, 4) is 0 Å². The number of hydrogen-bond acceptors (Lipinski definition) is 1. The van der Waals surface area contributed by atoms with Gasteiger partial charge in [-0.25, -0.2) is 0 Å². The monoisotopic (exact) mass is 196 g/mol. The third kappa shape index (κ3) is 1.87. The van der Waals surface area contributed by atoms with Crippen LogP contribution in [0.3, 0.4) is 0 Å². The van der Waals surface area contributed by atoms with Gasteiger partial charge in [0.25, 0.3) is 0 Å². The fourth-order valence-electron chi connectivity index (χ4n) is 2.56. The molecule has 1 rings (SSSR count). The molecule has 1 heteroatoms. The first-order valence-corrected chi connectivity index (χ1v) is 5.97. The molecule has 0 spiro atoms. The summed E-state index contributed by atoms with van der Waals surface area (Å²) >= 11 is 0. The van der Waals surface area contributed by atoms with E-state index in [1.165, 1.54) is 19.3 Å². The number of carbonyl (C=O) groups is 1. The van der Waals surface area contributed by atoms with Crippen LogP contribution < -0.4 is 0 Å². The molecule has 1 fully saturated rings. The van der Waals surface area contributed by atoms with E-state index in [9.17, 15) is 4.79 Å². The maximum atomic E-state index is 11.9. The van der Waals surface area contributed by atoms with E-state index >= 15 is 0 Å². The summed E-state index contributed by atoms with van der Waals surface area (Å²) in [6.45, 7) is 8.90. The van der Waals surface area contributed by atoms with Crippen molar-refractivity contribution >= 4 is 5.78 Å². The van der Waals surface area contributed by atoms with Gasteiger partial charge >= 0.3 is 0 Å². The Morgan fingerprint density at radius 3 is 2.29 bits per heavy atom. The third-order valence-corrected chi connectivity index (χ3v) is 4.37. The Morgan fingerprint density at radius 2 is 1.86 bits per heavy atom. The lowest BCUT2D eigenvalue weighted by Gasteiger charge is -2.37. The molecule has 0 heterocycles. The summed E-state index contributed by atoms with van der Waals surface area (Å²) in [6.07, 6.45) is 6.68. The Labute approximate surface area is 88.3 Å². The summed E-state index contributed by atoms with van der Waals surface area (Å²) in [5.41, 5.74) is 0.181. The largest absolute Gasteiger partial charge is 0.299 e. The average Bonchev–Trinajstić information content (AvgIpc) is 2.31. The molecule has 14 heavy (non-hydrogen) atoms. The van der Waals surface area contributed by atoms with Crippen LogP contribution in [0.5, 0.6) is 0 Å². The van der Waals surface area contributed by atoms with Gasteiger partial charge in [-0.3, -0.25) is 4.79 Å². The number of ketones is 1. The molecule has 0 amide bonds. The van der Waals surface area contributed by atoms with E-state index in [1.807, 2.05) is 0 Å². The molecular weight excluding hydrogens is 172 g/mol. The van der Waals surface area contributed by atoms with Gasteiger partial charge in [-0.1, -0.05) is 47.0 Å². The van der Waals surface area contributed by atoms with Gasteiger partial charge in [0.2, 0.25) is 0 Å². The number of unbranched alkanes of at least 4 members (excludes halogenated alkanes) is 2. The van der Waals surface area contributed by atoms with E-state index in [0.717, 1.165) is 19.3 Å². The number of Topliss-reactive ketones (excluding diaryl/α,β-unsaturated/α-hetero) is 1. The Morgan fingerprint density at radius 1 is 1.21 bits per heavy atom. The topological polar surface area (TPSA) is 17.1 Å². The lowest BCUT2D eigenvalue weighted by Crippen LogP contribution is -2.35. The highest BCUT2D eigenvalue weighted by Gasteiger charge is 2.50. The molecule has 0 aromatic heterocycles. The first-order chi connectivity index (χ1) is 6.44. The Hall–Kier alpha value is -0.330. The molecule has 1 aliphatic carbocycles. The molecule has 0 radical (unpaired) electrons. The number of hydrogen-bond donors (Lipinski definition) is 0. The molecule has 1 saturated carbocycles. The second-order valence-electron chi connectivity index (χ2n) is 5.60. The van der Waals surface area contributed by atoms with Crippen molar-refractivity contribution in [1.29, 1.82) is 0 Å². The van der Waals surface area contributed by atoms with Crippen molar-refractivity contribution in [3.05, 3.63) is 0 Å². The predicted molar refractivity (Wildman–Crippen MR) is 60.3 cm³/mol. The summed E-state index contributed by atoms with van der Waals surface area (Å²) in [7, 11) is 0. The number of rotatable bonds is 4. The van der Waals surface area contributed by atoms with Gasteiger partial charge in [0.15, 0.2) is 0 Å². The van der Waals surface area contributed by atoms with Crippen LogP contribution >= 0.6 is 0 Å². The minimum absolute atomic E-state index is 0.0395. The molecule has 1 atom stereocenters. The first-order valence-electron chi connectivity index (χ1n) is 5.97. The van der Waals surface area contributed by atoms with Crippen LogP contribution in [0, 0.1) is 10.8 Å². The molecule has 1 aliphatic rings. The lowest BCUT2D eigenvalue weighted by molar-refractivity contribution is -0.128. The van der Waals surface area contributed by atoms with E-state index in [1.54, 1.807) is 0 Å². The van der Waals surface area contributed by atoms with E-state index in [2.05, 4.69) is 27.7 Å². The number of carbonyl (C=O) groups excluding carboxylic acids is 1. The highest BCUT2D eigenvalue weighted by molar-refractivity contribution is 5.87. The molecule has 1 unspecified atom stereocenters. The Kier molecular flexibility index (Phi) is 3.39. The maximum Gasteiger partial charge on any atom is 0.139 e. The molecule has 0 aromatic carbocycles. The van der Waals surface area contributed by atoms with E-state index < -0.39 is 0 Å². The molecule has 0 N–H and O–H groups in total. The van der Waals surface area contributed by atoms with Crippen LogP contribution in [0.4, 0.5) is 0 Å². The first kappa shape index (κ1) is 11.7. The fraction of sp³-hybridized carbons (Fsp3) is 0.923. The van der Waals surface area contributed by atoms with E-state index in [0.29, 0.717) is 5.78 Å². The second kappa shape index (κ2) is 4.04. The normalized spacial score (nSPS) is 31.0. The highest BCUT2D eigenvalue weighted by atomic mass is 16.1. The van der Waals surface area contributed by atoms with Crippen molar-refractivity contribution in [2.24, 2.45) is 10.8 Å². The van der Waals surface area contributed by atoms with E-state index in [4.69, 9.17) is 0 Å². The van der Waals surface area contributed by atoms with Crippen molar-refractivity contribution < 1.29 is 4.79 Å². The Bertz CT molecular complexity index is 217. The summed E-state index contributed by atoms with van der Waals surface area (Å²) in [5, 5.41) is 0. The summed E-state index contributed by atoms with van der Waals surface area (Å²) < 4.78 is 0. The third-order valence-electron chi connectivity index (χ3n) is 4.37. The summed E-state index contributed by atoms with van der Waals surface area (Å²) in [6, 6.07) is 0. The maximum absolute atomic E-state index is 11.9. The molecule has 0 saturated heterocycles. The average molecular weight is 196 g/mol. The Balaban J connectivity index is 2.64. The van der Waals surface area contributed by atoms with Crippen molar-refractivity contribution in [3.63, 3.8) is 0 Å². The molecule has 82 valence electrons. The van der Waals surface area contributed by atoms with Gasteiger partial charge in [0.05, 0.1) is 0 Å². The fourth-order valence-corrected chi connectivity index (χ4v) is 2.56. The SMILES string of the molecule is CCCCCC1(C)C(=O)CCC1(C)C. The molecule has 1 nitrogen and oxygen atoms in total. The van der Waals surface area contributed by atoms with Crippen molar-refractivity contribution in [2.45, 2.75) is 66.2 Å². The van der Waals surface area contributed by atoms with Crippen LogP contribution in [0.25, 0.3) is 0 Å². The van der Waals surface area contributed by atoms with Gasteiger partial charge < -0.3 is 0 Å². The molecular formula is C13H24O. The van der Waals surface area contributed by atoms with Gasteiger partial charge in [0, 0.05) is 11.8 Å². The minimum Gasteiger partial charge on any atom is -0.299 e. The predicted octanol–water partition coefficient (Wildman–Crippen LogP) is 3.96. The summed E-state index contributed by atoms with van der Waals surface area (Å²) in [5.74, 6) is 0.499. The quantitative estimate of drug-likeness (QED) is 0.622. The summed E-state index contributed by atoms with van der Waals surface area (Å²) in [4.78, 5) is 11.9. The smallest absolute Gasteiger partial charge is 0.139 e. The molecule has 0 aromatic rings.